The van der Waals surface area contributed by atoms with Crippen LogP contribution in [0.1, 0.15) is 38.3 Å². The number of benzene rings is 1. The summed E-state index contributed by atoms with van der Waals surface area (Å²) in [4.78, 5) is 10.9. The summed E-state index contributed by atoms with van der Waals surface area (Å²) >= 11 is 0. The Bertz CT molecular complexity index is 453. The van der Waals surface area contributed by atoms with E-state index in [9.17, 15) is 9.18 Å². The maximum absolute atomic E-state index is 13.9. The van der Waals surface area contributed by atoms with Crippen molar-refractivity contribution in [1.29, 1.82) is 0 Å². The van der Waals surface area contributed by atoms with Crippen molar-refractivity contribution in [2.45, 2.75) is 39.0 Å². The van der Waals surface area contributed by atoms with Gasteiger partial charge < -0.3 is 9.84 Å². The number of carbonyl (C=O) groups is 1. The quantitative estimate of drug-likeness (QED) is 0.878. The molecule has 18 heavy (non-hydrogen) atoms. The van der Waals surface area contributed by atoms with Crippen molar-refractivity contribution in [1.82, 2.24) is 0 Å². The zero-order valence-electron chi connectivity index (χ0n) is 11.2. The molecule has 4 heteroatoms. The molecule has 1 N–H and O–H groups in total. The topological polar surface area (TPSA) is 46.5 Å². The summed E-state index contributed by atoms with van der Waals surface area (Å²) < 4.78 is 19.0. The largest absolute Gasteiger partial charge is 0.493 e. The Balaban J connectivity index is 3.36. The molecule has 0 amide bonds. The number of carboxylic acid groups (broad SMARTS) is 1. The lowest BCUT2D eigenvalue weighted by atomic mass is 9.80. The third kappa shape index (κ3) is 3.00. The first-order valence-electron chi connectivity index (χ1n) is 5.90. The second-order valence-electron chi connectivity index (χ2n) is 4.97. The first kappa shape index (κ1) is 14.5. The molecular weight excluding hydrogens is 235 g/mol. The number of hydrogen-bond acceptors (Lipinski definition) is 2. The molecule has 0 unspecified atom stereocenters. The fourth-order valence-electron chi connectivity index (χ4n) is 2.04. The van der Waals surface area contributed by atoms with E-state index < -0.39 is 17.2 Å². The molecule has 0 saturated carbocycles. The van der Waals surface area contributed by atoms with E-state index in [2.05, 4.69) is 0 Å². The van der Waals surface area contributed by atoms with Crippen molar-refractivity contribution in [2.24, 2.45) is 0 Å². The van der Waals surface area contributed by atoms with E-state index in [-0.39, 0.29) is 12.2 Å². The smallest absolute Gasteiger partial charge is 0.304 e. The monoisotopic (exact) mass is 254 g/mol. The van der Waals surface area contributed by atoms with Crippen LogP contribution in [0.15, 0.2) is 12.1 Å². The van der Waals surface area contributed by atoms with Gasteiger partial charge in [-0.05, 0) is 18.1 Å². The molecular formula is C14H19FO3. The third-order valence-electron chi connectivity index (χ3n) is 3.04. The van der Waals surface area contributed by atoms with Crippen molar-refractivity contribution in [3.63, 3.8) is 0 Å². The van der Waals surface area contributed by atoms with Crippen LogP contribution in [0.5, 0.6) is 5.75 Å². The Morgan fingerprint density at radius 1 is 1.44 bits per heavy atom. The van der Waals surface area contributed by atoms with Crippen LogP contribution >= 0.6 is 0 Å². The first-order chi connectivity index (χ1) is 8.31. The number of rotatable bonds is 5. The van der Waals surface area contributed by atoms with Crippen LogP contribution in [0.4, 0.5) is 4.39 Å². The van der Waals surface area contributed by atoms with Crippen LogP contribution < -0.4 is 4.74 Å². The van der Waals surface area contributed by atoms with Gasteiger partial charge in [-0.1, -0.05) is 26.8 Å². The molecule has 0 aliphatic heterocycles. The first-order valence-corrected chi connectivity index (χ1v) is 5.90. The highest BCUT2D eigenvalue weighted by atomic mass is 19.1. The summed E-state index contributed by atoms with van der Waals surface area (Å²) in [7, 11) is 1.39. The van der Waals surface area contributed by atoms with Gasteiger partial charge in [0.1, 0.15) is 0 Å². The van der Waals surface area contributed by atoms with Crippen LogP contribution in [0.3, 0.4) is 0 Å². The predicted octanol–water partition coefficient (Wildman–Crippen LogP) is 3.15. The minimum atomic E-state index is -0.913. The summed E-state index contributed by atoms with van der Waals surface area (Å²) in [6, 6.07) is 3.25. The summed E-state index contributed by atoms with van der Waals surface area (Å²) in [6.07, 6.45) is 0.618. The van der Waals surface area contributed by atoms with Crippen LogP contribution in [0, 0.1) is 5.82 Å². The molecule has 0 heterocycles. The molecule has 0 atom stereocenters. The van der Waals surface area contributed by atoms with Gasteiger partial charge in [0.15, 0.2) is 11.6 Å². The molecule has 1 aromatic carbocycles. The Kier molecular flexibility index (Phi) is 4.33. The molecule has 0 saturated heterocycles. The lowest BCUT2D eigenvalue weighted by Gasteiger charge is -2.26. The highest BCUT2D eigenvalue weighted by Crippen LogP contribution is 2.37. The van der Waals surface area contributed by atoms with Crippen molar-refractivity contribution in [3.8, 4) is 5.75 Å². The lowest BCUT2D eigenvalue weighted by Crippen LogP contribution is -2.23. The summed E-state index contributed by atoms with van der Waals surface area (Å²) in [5.41, 5.74) is 0.759. The van der Waals surface area contributed by atoms with Gasteiger partial charge in [-0.25, -0.2) is 4.39 Å². The number of methoxy groups -OCH3 is 1. The van der Waals surface area contributed by atoms with Gasteiger partial charge in [-0.2, -0.15) is 0 Å². The van der Waals surface area contributed by atoms with Crippen LogP contribution in [-0.4, -0.2) is 18.2 Å². The number of ether oxygens (including phenoxy) is 1. The molecule has 0 aliphatic carbocycles. The van der Waals surface area contributed by atoms with Crippen molar-refractivity contribution in [3.05, 3.63) is 29.1 Å². The molecule has 3 nitrogen and oxygen atoms in total. The fourth-order valence-corrected chi connectivity index (χ4v) is 2.04. The summed E-state index contributed by atoms with van der Waals surface area (Å²) in [5.74, 6) is -1.21. The van der Waals surface area contributed by atoms with Crippen molar-refractivity contribution >= 4 is 5.97 Å². The Labute approximate surface area is 107 Å². The molecule has 0 aromatic heterocycles. The van der Waals surface area contributed by atoms with E-state index in [1.165, 1.54) is 13.2 Å². The molecule has 1 rings (SSSR count). The predicted molar refractivity (Wildman–Crippen MR) is 67.6 cm³/mol. The molecule has 0 radical (unpaired) electrons. The van der Waals surface area contributed by atoms with Gasteiger partial charge in [0.2, 0.25) is 0 Å². The maximum atomic E-state index is 13.9. The Morgan fingerprint density at radius 2 is 2.06 bits per heavy atom. The van der Waals surface area contributed by atoms with Gasteiger partial charge in [0, 0.05) is 11.0 Å². The number of aliphatic carboxylic acids is 1. The number of hydrogen-bond donors (Lipinski definition) is 1. The van der Waals surface area contributed by atoms with E-state index in [1.807, 2.05) is 13.0 Å². The normalized spacial score (nSPS) is 11.4. The van der Waals surface area contributed by atoms with E-state index >= 15 is 0 Å². The van der Waals surface area contributed by atoms with Gasteiger partial charge >= 0.3 is 5.97 Å². The fraction of sp³-hybridized carbons (Fsp3) is 0.500. The highest BCUT2D eigenvalue weighted by molar-refractivity contribution is 5.69. The van der Waals surface area contributed by atoms with Crippen LogP contribution in [-0.2, 0) is 16.6 Å². The van der Waals surface area contributed by atoms with Gasteiger partial charge in [-0.15, -0.1) is 0 Å². The maximum Gasteiger partial charge on any atom is 0.304 e. The second-order valence-corrected chi connectivity index (χ2v) is 4.97. The van der Waals surface area contributed by atoms with E-state index in [4.69, 9.17) is 9.84 Å². The Hall–Kier alpha value is -1.58. The molecule has 0 aliphatic rings. The minimum absolute atomic E-state index is 0.0734. The van der Waals surface area contributed by atoms with E-state index in [0.29, 0.717) is 12.0 Å². The molecule has 0 fully saturated rings. The second kappa shape index (κ2) is 5.38. The minimum Gasteiger partial charge on any atom is -0.493 e. The average molecular weight is 254 g/mol. The lowest BCUT2D eigenvalue weighted by molar-refractivity contribution is -0.138. The molecule has 0 spiro atoms. The van der Waals surface area contributed by atoms with Gasteiger partial charge in [0.05, 0.1) is 13.5 Å². The molecule has 100 valence electrons. The van der Waals surface area contributed by atoms with Gasteiger partial charge in [0.25, 0.3) is 0 Å². The average Bonchev–Trinajstić information content (AvgIpc) is 2.26. The summed E-state index contributed by atoms with van der Waals surface area (Å²) in [6.45, 7) is 5.48. The van der Waals surface area contributed by atoms with Crippen molar-refractivity contribution < 1.29 is 19.0 Å². The standard InChI is InChI=1S/C14H19FO3/c1-5-9-6-10(13(18-4)11(15)7-9)14(2,3)8-12(16)17/h6-7H,5,8H2,1-4H3,(H,16,17). The Morgan fingerprint density at radius 3 is 2.50 bits per heavy atom. The molecule has 1 aromatic rings. The third-order valence-corrected chi connectivity index (χ3v) is 3.04. The number of carboxylic acids is 1. The van der Waals surface area contributed by atoms with E-state index in [1.54, 1.807) is 13.8 Å². The SMILES string of the molecule is CCc1cc(F)c(OC)c(C(C)(C)CC(=O)O)c1. The van der Waals surface area contributed by atoms with Gasteiger partial charge in [-0.3, -0.25) is 4.79 Å². The molecule has 0 bridgehead atoms. The highest BCUT2D eigenvalue weighted by Gasteiger charge is 2.29. The zero-order valence-corrected chi connectivity index (χ0v) is 11.2. The number of halogens is 1. The zero-order chi connectivity index (χ0) is 13.9. The van der Waals surface area contributed by atoms with E-state index in [0.717, 1.165) is 5.56 Å². The summed E-state index contributed by atoms with van der Waals surface area (Å²) in [5, 5.41) is 8.94. The van der Waals surface area contributed by atoms with Crippen molar-refractivity contribution in [2.75, 3.05) is 7.11 Å². The number of aryl methyl sites for hydroxylation is 1. The van der Waals surface area contributed by atoms with Crippen LogP contribution in [0.25, 0.3) is 0 Å². The van der Waals surface area contributed by atoms with Crippen LogP contribution in [0.2, 0.25) is 0 Å².